The molecule has 0 spiro atoms. The second-order valence-corrected chi connectivity index (χ2v) is 4.11. The SMILES string of the molecule is CC(F)(F)CCNCCOCc1ccccc1. The van der Waals surface area contributed by atoms with E-state index in [9.17, 15) is 8.78 Å². The molecular weight excluding hydrogens is 224 g/mol. The number of benzene rings is 1. The molecule has 0 atom stereocenters. The van der Waals surface area contributed by atoms with Crippen molar-refractivity contribution in [1.29, 1.82) is 0 Å². The van der Waals surface area contributed by atoms with Crippen molar-refractivity contribution in [3.05, 3.63) is 35.9 Å². The second kappa shape index (κ2) is 7.35. The van der Waals surface area contributed by atoms with Crippen molar-refractivity contribution in [2.45, 2.75) is 25.9 Å². The maximum atomic E-state index is 12.4. The molecule has 0 amide bonds. The van der Waals surface area contributed by atoms with Crippen LogP contribution in [0.5, 0.6) is 0 Å². The quantitative estimate of drug-likeness (QED) is 0.709. The zero-order valence-corrected chi connectivity index (χ0v) is 10.1. The summed E-state index contributed by atoms with van der Waals surface area (Å²) in [7, 11) is 0. The second-order valence-electron chi connectivity index (χ2n) is 4.11. The van der Waals surface area contributed by atoms with Crippen molar-refractivity contribution in [2.24, 2.45) is 0 Å². The number of alkyl halides is 2. The Kier molecular flexibility index (Phi) is 6.08. The Morgan fingerprint density at radius 2 is 1.88 bits per heavy atom. The summed E-state index contributed by atoms with van der Waals surface area (Å²) in [4.78, 5) is 0. The van der Waals surface area contributed by atoms with Crippen LogP contribution in [0.3, 0.4) is 0 Å². The van der Waals surface area contributed by atoms with Crippen LogP contribution in [-0.2, 0) is 11.3 Å². The molecule has 1 aromatic rings. The van der Waals surface area contributed by atoms with Crippen LogP contribution in [0.2, 0.25) is 0 Å². The molecule has 96 valence electrons. The summed E-state index contributed by atoms with van der Waals surface area (Å²) < 4.78 is 30.3. The summed E-state index contributed by atoms with van der Waals surface area (Å²) in [6.45, 7) is 2.94. The fraction of sp³-hybridized carbons (Fsp3) is 0.538. The van der Waals surface area contributed by atoms with Crippen molar-refractivity contribution >= 4 is 0 Å². The molecule has 1 N–H and O–H groups in total. The highest BCUT2D eigenvalue weighted by Crippen LogP contribution is 2.14. The van der Waals surface area contributed by atoms with E-state index < -0.39 is 5.92 Å². The molecule has 0 radical (unpaired) electrons. The number of ether oxygens (including phenoxy) is 1. The van der Waals surface area contributed by atoms with Gasteiger partial charge in [0, 0.05) is 19.5 Å². The van der Waals surface area contributed by atoms with Gasteiger partial charge in [-0.05, 0) is 12.5 Å². The van der Waals surface area contributed by atoms with Crippen LogP contribution in [0, 0.1) is 0 Å². The van der Waals surface area contributed by atoms with E-state index in [1.165, 1.54) is 0 Å². The third-order valence-corrected chi connectivity index (χ3v) is 2.28. The van der Waals surface area contributed by atoms with E-state index in [0.29, 0.717) is 26.3 Å². The Hall–Kier alpha value is -1.00. The number of nitrogens with one attached hydrogen (secondary N) is 1. The molecule has 0 saturated heterocycles. The maximum Gasteiger partial charge on any atom is 0.246 e. The molecule has 2 nitrogen and oxygen atoms in total. The average Bonchev–Trinajstić information content (AvgIpc) is 2.28. The number of hydrogen-bond acceptors (Lipinski definition) is 2. The Morgan fingerprint density at radius 3 is 2.53 bits per heavy atom. The van der Waals surface area contributed by atoms with E-state index in [0.717, 1.165) is 12.5 Å². The average molecular weight is 243 g/mol. The minimum absolute atomic E-state index is 0.133. The first-order chi connectivity index (χ1) is 8.08. The van der Waals surface area contributed by atoms with Gasteiger partial charge in [0.2, 0.25) is 5.92 Å². The van der Waals surface area contributed by atoms with Gasteiger partial charge in [-0.2, -0.15) is 0 Å². The van der Waals surface area contributed by atoms with Crippen LogP contribution in [0.15, 0.2) is 30.3 Å². The van der Waals surface area contributed by atoms with Crippen LogP contribution < -0.4 is 5.32 Å². The fourth-order valence-corrected chi connectivity index (χ4v) is 1.34. The summed E-state index contributed by atoms with van der Waals surface area (Å²) in [6, 6.07) is 9.85. The molecule has 4 heteroatoms. The van der Waals surface area contributed by atoms with E-state index in [-0.39, 0.29) is 6.42 Å². The highest BCUT2D eigenvalue weighted by atomic mass is 19.3. The summed E-state index contributed by atoms with van der Waals surface area (Å²) in [5.41, 5.74) is 1.12. The topological polar surface area (TPSA) is 21.3 Å². The molecule has 0 bridgehead atoms. The van der Waals surface area contributed by atoms with Crippen molar-refractivity contribution in [2.75, 3.05) is 19.7 Å². The van der Waals surface area contributed by atoms with Crippen LogP contribution in [0.4, 0.5) is 8.78 Å². The molecule has 0 aliphatic carbocycles. The first-order valence-electron chi connectivity index (χ1n) is 5.78. The standard InChI is InChI=1S/C13H19F2NO/c1-13(14,15)7-8-16-9-10-17-11-12-5-3-2-4-6-12/h2-6,16H,7-11H2,1H3. The number of hydrogen-bond donors (Lipinski definition) is 1. The predicted octanol–water partition coefficient (Wildman–Crippen LogP) is 2.84. The minimum Gasteiger partial charge on any atom is -0.375 e. The van der Waals surface area contributed by atoms with Gasteiger partial charge in [0.25, 0.3) is 0 Å². The van der Waals surface area contributed by atoms with Crippen LogP contribution in [-0.4, -0.2) is 25.6 Å². The Labute approximate surface area is 101 Å². The van der Waals surface area contributed by atoms with Gasteiger partial charge in [0.15, 0.2) is 0 Å². The molecule has 0 unspecified atom stereocenters. The van der Waals surface area contributed by atoms with Crippen molar-refractivity contribution in [3.8, 4) is 0 Å². The van der Waals surface area contributed by atoms with Gasteiger partial charge in [0.05, 0.1) is 13.2 Å². The fourth-order valence-electron chi connectivity index (χ4n) is 1.34. The zero-order chi connectivity index (χ0) is 12.6. The smallest absolute Gasteiger partial charge is 0.246 e. The highest BCUT2D eigenvalue weighted by Gasteiger charge is 2.19. The third-order valence-electron chi connectivity index (χ3n) is 2.28. The summed E-state index contributed by atoms with van der Waals surface area (Å²) >= 11 is 0. The Bertz CT molecular complexity index is 298. The lowest BCUT2D eigenvalue weighted by molar-refractivity contribution is 0.0128. The normalized spacial score (nSPS) is 11.7. The van der Waals surface area contributed by atoms with Crippen molar-refractivity contribution in [3.63, 3.8) is 0 Å². The number of rotatable bonds is 8. The summed E-state index contributed by atoms with van der Waals surface area (Å²) in [5, 5.41) is 2.92. The predicted molar refractivity (Wildman–Crippen MR) is 64.2 cm³/mol. The van der Waals surface area contributed by atoms with Crippen LogP contribution in [0.25, 0.3) is 0 Å². The van der Waals surface area contributed by atoms with Gasteiger partial charge in [0.1, 0.15) is 0 Å². The summed E-state index contributed by atoms with van der Waals surface area (Å²) in [6.07, 6.45) is -0.133. The number of halogens is 2. The molecular formula is C13H19F2NO. The molecule has 0 saturated carbocycles. The van der Waals surface area contributed by atoms with E-state index in [1.807, 2.05) is 30.3 Å². The van der Waals surface area contributed by atoms with Crippen molar-refractivity contribution in [1.82, 2.24) is 5.32 Å². The van der Waals surface area contributed by atoms with Gasteiger partial charge in [-0.15, -0.1) is 0 Å². The molecule has 0 aliphatic heterocycles. The van der Waals surface area contributed by atoms with E-state index in [1.54, 1.807) is 0 Å². The third kappa shape index (κ3) is 7.82. The van der Waals surface area contributed by atoms with Crippen molar-refractivity contribution < 1.29 is 13.5 Å². The molecule has 1 rings (SSSR count). The Balaban J connectivity index is 1.95. The van der Waals surface area contributed by atoms with Gasteiger partial charge < -0.3 is 10.1 Å². The first-order valence-corrected chi connectivity index (χ1v) is 5.78. The molecule has 0 heterocycles. The zero-order valence-electron chi connectivity index (χ0n) is 10.1. The molecule has 0 aromatic heterocycles. The van der Waals surface area contributed by atoms with Gasteiger partial charge in [-0.3, -0.25) is 0 Å². The van der Waals surface area contributed by atoms with E-state index in [2.05, 4.69) is 5.32 Å². The van der Waals surface area contributed by atoms with Crippen LogP contribution in [0.1, 0.15) is 18.9 Å². The largest absolute Gasteiger partial charge is 0.375 e. The van der Waals surface area contributed by atoms with Gasteiger partial charge >= 0.3 is 0 Å². The van der Waals surface area contributed by atoms with Gasteiger partial charge in [-0.1, -0.05) is 30.3 Å². The first kappa shape index (κ1) is 14.1. The lowest BCUT2D eigenvalue weighted by Crippen LogP contribution is -2.25. The van der Waals surface area contributed by atoms with E-state index in [4.69, 9.17) is 4.74 Å². The monoisotopic (exact) mass is 243 g/mol. The summed E-state index contributed by atoms with van der Waals surface area (Å²) in [5.74, 6) is -2.59. The van der Waals surface area contributed by atoms with E-state index >= 15 is 0 Å². The lowest BCUT2D eigenvalue weighted by Gasteiger charge is -2.10. The van der Waals surface area contributed by atoms with Gasteiger partial charge in [-0.25, -0.2) is 8.78 Å². The molecule has 0 aliphatic rings. The maximum absolute atomic E-state index is 12.4. The van der Waals surface area contributed by atoms with Crippen LogP contribution >= 0.6 is 0 Å². The molecule has 0 fully saturated rings. The lowest BCUT2D eigenvalue weighted by atomic mass is 10.2. The highest BCUT2D eigenvalue weighted by molar-refractivity contribution is 5.13. The Morgan fingerprint density at radius 1 is 1.18 bits per heavy atom. The molecule has 17 heavy (non-hydrogen) atoms. The minimum atomic E-state index is -2.59. The molecule has 1 aromatic carbocycles.